The van der Waals surface area contributed by atoms with Gasteiger partial charge in [-0.2, -0.15) is 0 Å². The SMILES string of the molecule is CC(C)(C)c1cnc(CSc2cnc(CC(=O)Cc3cccc(OCCCC(=O)Nc4ccccc4N)c3)s2)o1. The number of amides is 1. The zero-order chi connectivity index (χ0) is 28.5. The molecule has 0 spiro atoms. The Morgan fingerprint density at radius 2 is 1.90 bits per heavy atom. The van der Waals surface area contributed by atoms with E-state index in [-0.39, 0.29) is 23.5 Å². The average Bonchev–Trinajstić information content (AvgIpc) is 3.57. The summed E-state index contributed by atoms with van der Waals surface area (Å²) in [6, 6.07) is 14.7. The number of Topliss-reactive ketones (excluding diaryl/α,β-unsaturated/α-hetero) is 1. The van der Waals surface area contributed by atoms with Gasteiger partial charge in [0.2, 0.25) is 11.8 Å². The van der Waals surface area contributed by atoms with Gasteiger partial charge in [0, 0.05) is 18.3 Å². The number of nitrogen functional groups attached to an aromatic ring is 1. The molecule has 4 aromatic rings. The Bertz CT molecular complexity index is 1440. The molecule has 2 aromatic heterocycles. The average molecular weight is 579 g/mol. The maximum absolute atomic E-state index is 12.7. The van der Waals surface area contributed by atoms with E-state index >= 15 is 0 Å². The summed E-state index contributed by atoms with van der Waals surface area (Å²) in [4.78, 5) is 33.7. The van der Waals surface area contributed by atoms with Crippen LogP contribution < -0.4 is 15.8 Å². The molecule has 0 fully saturated rings. The molecule has 40 heavy (non-hydrogen) atoms. The number of benzene rings is 2. The lowest BCUT2D eigenvalue weighted by Gasteiger charge is -2.12. The van der Waals surface area contributed by atoms with Crippen LogP contribution in [0, 0.1) is 0 Å². The Morgan fingerprint density at radius 1 is 1.07 bits per heavy atom. The van der Waals surface area contributed by atoms with Crippen LogP contribution in [0.25, 0.3) is 0 Å². The van der Waals surface area contributed by atoms with Gasteiger partial charge in [-0.25, -0.2) is 9.97 Å². The van der Waals surface area contributed by atoms with Gasteiger partial charge in [-0.15, -0.1) is 23.1 Å². The van der Waals surface area contributed by atoms with Gasteiger partial charge in [-0.3, -0.25) is 9.59 Å². The summed E-state index contributed by atoms with van der Waals surface area (Å²) in [5, 5.41) is 3.60. The summed E-state index contributed by atoms with van der Waals surface area (Å²) in [7, 11) is 0. The molecular formula is C30H34N4O4S2. The van der Waals surface area contributed by atoms with Crippen molar-refractivity contribution in [2.45, 2.75) is 61.8 Å². The zero-order valence-electron chi connectivity index (χ0n) is 22.9. The number of aromatic nitrogens is 2. The fraction of sp³-hybridized carbons (Fsp3) is 0.333. The van der Waals surface area contributed by atoms with Crippen molar-refractivity contribution in [1.82, 2.24) is 9.97 Å². The Hall–Kier alpha value is -3.63. The predicted molar refractivity (Wildman–Crippen MR) is 160 cm³/mol. The van der Waals surface area contributed by atoms with E-state index in [1.54, 1.807) is 36.3 Å². The third-order valence-electron chi connectivity index (χ3n) is 5.86. The fourth-order valence-corrected chi connectivity index (χ4v) is 5.65. The van der Waals surface area contributed by atoms with Crippen LogP contribution in [0.4, 0.5) is 11.4 Å². The number of thioether (sulfide) groups is 1. The second-order valence-corrected chi connectivity index (χ2v) is 12.7. The number of nitrogens with zero attached hydrogens (tertiary/aromatic N) is 2. The molecule has 0 saturated carbocycles. The molecule has 0 aliphatic rings. The van der Waals surface area contributed by atoms with Crippen LogP contribution in [0.1, 0.15) is 55.8 Å². The summed E-state index contributed by atoms with van der Waals surface area (Å²) >= 11 is 3.13. The van der Waals surface area contributed by atoms with Crippen molar-refractivity contribution in [3.8, 4) is 5.75 Å². The van der Waals surface area contributed by atoms with Gasteiger partial charge >= 0.3 is 0 Å². The second-order valence-electron chi connectivity index (χ2n) is 10.4. The molecule has 0 aliphatic carbocycles. The molecule has 0 radical (unpaired) electrons. The normalized spacial score (nSPS) is 11.4. The number of oxazole rings is 1. The topological polar surface area (TPSA) is 120 Å². The highest BCUT2D eigenvalue weighted by atomic mass is 32.2. The number of rotatable bonds is 13. The molecule has 8 nitrogen and oxygen atoms in total. The number of nitrogens with one attached hydrogen (secondary N) is 1. The number of anilines is 2. The number of para-hydroxylation sites is 2. The van der Waals surface area contributed by atoms with Crippen molar-refractivity contribution in [2.24, 2.45) is 0 Å². The van der Waals surface area contributed by atoms with E-state index in [0.717, 1.165) is 20.5 Å². The zero-order valence-corrected chi connectivity index (χ0v) is 24.6. The van der Waals surface area contributed by atoms with Crippen LogP contribution in [-0.4, -0.2) is 28.3 Å². The smallest absolute Gasteiger partial charge is 0.224 e. The number of carbonyl (C=O) groups excluding carboxylic acids is 2. The Morgan fingerprint density at radius 3 is 2.67 bits per heavy atom. The molecule has 2 aromatic carbocycles. The molecule has 1 amide bonds. The highest BCUT2D eigenvalue weighted by Gasteiger charge is 2.19. The molecular weight excluding hydrogens is 544 g/mol. The van der Waals surface area contributed by atoms with Crippen LogP contribution in [-0.2, 0) is 33.6 Å². The van der Waals surface area contributed by atoms with E-state index in [2.05, 4.69) is 36.1 Å². The Labute approximate surface area is 242 Å². The lowest BCUT2D eigenvalue weighted by Crippen LogP contribution is -2.14. The van der Waals surface area contributed by atoms with Crippen molar-refractivity contribution >= 4 is 46.2 Å². The predicted octanol–water partition coefficient (Wildman–Crippen LogP) is 6.46. The van der Waals surface area contributed by atoms with E-state index in [0.29, 0.717) is 54.6 Å². The van der Waals surface area contributed by atoms with Crippen LogP contribution >= 0.6 is 23.1 Å². The molecule has 0 bridgehead atoms. The number of hydrogen-bond donors (Lipinski definition) is 2. The van der Waals surface area contributed by atoms with Gasteiger partial charge in [-0.05, 0) is 36.2 Å². The number of hydrogen-bond acceptors (Lipinski definition) is 9. The van der Waals surface area contributed by atoms with Crippen molar-refractivity contribution in [2.75, 3.05) is 17.7 Å². The van der Waals surface area contributed by atoms with E-state index in [4.69, 9.17) is 14.9 Å². The van der Waals surface area contributed by atoms with Crippen molar-refractivity contribution < 1.29 is 18.7 Å². The molecule has 210 valence electrons. The quantitative estimate of drug-likeness (QED) is 0.105. The maximum Gasteiger partial charge on any atom is 0.224 e. The lowest BCUT2D eigenvalue weighted by atomic mass is 9.94. The molecule has 0 atom stereocenters. The van der Waals surface area contributed by atoms with Gasteiger partial charge in [-0.1, -0.05) is 45.0 Å². The Balaban J connectivity index is 1.18. The summed E-state index contributed by atoms with van der Waals surface area (Å²) in [5.74, 6) is 2.81. The molecule has 3 N–H and O–H groups in total. The van der Waals surface area contributed by atoms with E-state index in [9.17, 15) is 9.59 Å². The van der Waals surface area contributed by atoms with Gasteiger partial charge in [0.05, 0.1) is 46.8 Å². The largest absolute Gasteiger partial charge is 0.494 e. The monoisotopic (exact) mass is 578 g/mol. The highest BCUT2D eigenvalue weighted by Crippen LogP contribution is 2.30. The first kappa shape index (κ1) is 29.4. The van der Waals surface area contributed by atoms with Crippen LogP contribution in [0.2, 0.25) is 0 Å². The number of nitrogens with two attached hydrogens (primary N) is 1. The maximum atomic E-state index is 12.7. The molecule has 10 heteroatoms. The van der Waals surface area contributed by atoms with Crippen molar-refractivity contribution in [3.05, 3.63) is 83.1 Å². The number of ether oxygens (including phenoxy) is 1. The van der Waals surface area contributed by atoms with Crippen molar-refractivity contribution in [3.63, 3.8) is 0 Å². The van der Waals surface area contributed by atoms with Gasteiger partial charge in [0.25, 0.3) is 0 Å². The first-order chi connectivity index (χ1) is 19.2. The van der Waals surface area contributed by atoms with Crippen LogP contribution in [0.15, 0.2) is 69.6 Å². The lowest BCUT2D eigenvalue weighted by molar-refractivity contribution is -0.118. The standard InChI is InChI=1S/C30H34N4O4S2/c1-30(2,3)25-17-32-27(38-25)19-39-29-18-33-28(40-29)16-21(35)14-20-8-6-9-22(15-20)37-13-7-12-26(36)34-24-11-5-4-10-23(24)31/h4-6,8-11,15,17-18H,7,12-14,16,19,31H2,1-3H3,(H,34,36). The summed E-state index contributed by atoms with van der Waals surface area (Å²) in [6.45, 7) is 6.66. The minimum atomic E-state index is -0.114. The van der Waals surface area contributed by atoms with Crippen LogP contribution in [0.5, 0.6) is 5.75 Å². The minimum Gasteiger partial charge on any atom is -0.494 e. The van der Waals surface area contributed by atoms with Crippen molar-refractivity contribution in [1.29, 1.82) is 0 Å². The summed E-state index contributed by atoms with van der Waals surface area (Å²) < 4.78 is 12.7. The molecule has 0 saturated heterocycles. The molecule has 4 rings (SSSR count). The van der Waals surface area contributed by atoms with E-state index in [1.807, 2.05) is 36.4 Å². The fourth-order valence-electron chi connectivity index (χ4n) is 3.75. The third-order valence-corrected chi connectivity index (χ3v) is 8.04. The van der Waals surface area contributed by atoms with Gasteiger partial charge < -0.3 is 20.2 Å². The molecule has 2 heterocycles. The van der Waals surface area contributed by atoms with Gasteiger partial charge in [0.15, 0.2) is 0 Å². The Kier molecular flexibility index (Phi) is 10.0. The van der Waals surface area contributed by atoms with E-state index < -0.39 is 0 Å². The number of carbonyl (C=O) groups is 2. The molecule has 0 aliphatic heterocycles. The second kappa shape index (κ2) is 13.6. The summed E-state index contributed by atoms with van der Waals surface area (Å²) in [6.07, 6.45) is 5.04. The first-order valence-corrected chi connectivity index (χ1v) is 14.9. The minimum absolute atomic E-state index is 0.0732. The first-order valence-electron chi connectivity index (χ1n) is 13.1. The highest BCUT2D eigenvalue weighted by molar-refractivity contribution is 8.00. The van der Waals surface area contributed by atoms with E-state index in [1.165, 1.54) is 11.3 Å². The van der Waals surface area contributed by atoms with Crippen LogP contribution in [0.3, 0.4) is 0 Å². The van der Waals surface area contributed by atoms with Gasteiger partial charge in [0.1, 0.15) is 22.3 Å². The number of ketones is 1. The number of thiazole rings is 1. The molecule has 0 unspecified atom stereocenters. The third kappa shape index (κ3) is 8.96. The summed E-state index contributed by atoms with van der Waals surface area (Å²) in [5.41, 5.74) is 7.81.